The number of ether oxygens (including phenoxy) is 1. The van der Waals surface area contributed by atoms with Crippen molar-refractivity contribution >= 4 is 11.9 Å². The molecule has 0 N–H and O–H groups in total. The van der Waals surface area contributed by atoms with Crippen molar-refractivity contribution in [2.75, 3.05) is 0 Å². The topological polar surface area (TPSA) is 26.3 Å². The van der Waals surface area contributed by atoms with E-state index in [1.54, 1.807) is 6.08 Å². The van der Waals surface area contributed by atoms with Gasteiger partial charge >= 0.3 is 0 Å². The molecule has 2 nitrogen and oxygen atoms in total. The Morgan fingerprint density at radius 3 is 2.08 bits per heavy atom. The number of para-hydroxylation sites is 1. The number of halogens is 1. The molecule has 0 amide bonds. The molecule has 0 fully saturated rings. The highest BCUT2D eigenvalue weighted by Crippen LogP contribution is 2.21. The minimum Gasteiger partial charge on any atom is -0.457 e. The maximum Gasteiger partial charge on any atom is 0.185 e. The molecule has 0 radical (unpaired) electrons. The van der Waals surface area contributed by atoms with Gasteiger partial charge in [0.1, 0.15) is 17.3 Å². The summed E-state index contributed by atoms with van der Waals surface area (Å²) in [5, 5.41) is 0. The molecule has 0 unspecified atom stereocenters. The number of rotatable bonds is 5. The molecular weight excluding hydrogens is 303 g/mol. The van der Waals surface area contributed by atoms with Crippen LogP contribution < -0.4 is 4.74 Å². The number of benzene rings is 3. The smallest absolute Gasteiger partial charge is 0.185 e. The van der Waals surface area contributed by atoms with Gasteiger partial charge in [0.15, 0.2) is 5.78 Å². The Morgan fingerprint density at radius 1 is 0.792 bits per heavy atom. The fourth-order valence-corrected chi connectivity index (χ4v) is 2.15. The molecule has 0 aliphatic heterocycles. The number of carbonyl (C=O) groups excluding carboxylic acids is 1. The van der Waals surface area contributed by atoms with Gasteiger partial charge in [-0.15, -0.1) is 0 Å². The van der Waals surface area contributed by atoms with Gasteiger partial charge in [0, 0.05) is 5.56 Å². The number of ketones is 1. The summed E-state index contributed by atoms with van der Waals surface area (Å²) < 4.78 is 18.6. The van der Waals surface area contributed by atoms with E-state index in [0.29, 0.717) is 5.56 Å². The van der Waals surface area contributed by atoms with Gasteiger partial charge in [-0.2, -0.15) is 0 Å². The van der Waals surface area contributed by atoms with Crippen LogP contribution in [0, 0.1) is 5.82 Å². The van der Waals surface area contributed by atoms with E-state index in [-0.39, 0.29) is 11.6 Å². The number of hydrogen-bond donors (Lipinski definition) is 0. The molecule has 0 bridgehead atoms. The van der Waals surface area contributed by atoms with Gasteiger partial charge in [-0.1, -0.05) is 36.4 Å². The highest BCUT2D eigenvalue weighted by atomic mass is 19.1. The maximum absolute atomic E-state index is 12.9. The van der Waals surface area contributed by atoms with E-state index in [1.165, 1.54) is 30.3 Å². The van der Waals surface area contributed by atoms with E-state index in [4.69, 9.17) is 4.74 Å². The van der Waals surface area contributed by atoms with Crippen LogP contribution in [-0.2, 0) is 0 Å². The van der Waals surface area contributed by atoms with Crippen LogP contribution >= 0.6 is 0 Å². The van der Waals surface area contributed by atoms with Gasteiger partial charge < -0.3 is 4.74 Å². The summed E-state index contributed by atoms with van der Waals surface area (Å²) in [6.07, 6.45) is 3.19. The summed E-state index contributed by atoms with van der Waals surface area (Å²) in [5.74, 6) is 0.972. The molecule has 118 valence electrons. The maximum atomic E-state index is 12.9. The second-order valence-electron chi connectivity index (χ2n) is 5.19. The van der Waals surface area contributed by atoms with Crippen LogP contribution in [0.3, 0.4) is 0 Å². The second-order valence-corrected chi connectivity index (χ2v) is 5.19. The number of hydrogen-bond acceptors (Lipinski definition) is 2. The van der Waals surface area contributed by atoms with Crippen molar-refractivity contribution in [1.82, 2.24) is 0 Å². The third kappa shape index (κ3) is 4.17. The third-order valence-electron chi connectivity index (χ3n) is 3.41. The molecule has 0 atom stereocenters. The summed E-state index contributed by atoms with van der Waals surface area (Å²) >= 11 is 0. The zero-order valence-corrected chi connectivity index (χ0v) is 12.9. The van der Waals surface area contributed by atoms with Crippen molar-refractivity contribution in [1.29, 1.82) is 0 Å². The van der Waals surface area contributed by atoms with Crippen molar-refractivity contribution in [2.24, 2.45) is 0 Å². The summed E-state index contributed by atoms with van der Waals surface area (Å²) in [7, 11) is 0. The lowest BCUT2D eigenvalue weighted by atomic mass is 10.1. The lowest BCUT2D eigenvalue weighted by molar-refractivity contribution is 0.104. The molecule has 0 saturated heterocycles. The van der Waals surface area contributed by atoms with Gasteiger partial charge in [0.25, 0.3) is 0 Å². The van der Waals surface area contributed by atoms with Crippen LogP contribution in [0.4, 0.5) is 4.39 Å². The summed E-state index contributed by atoms with van der Waals surface area (Å²) in [6.45, 7) is 0. The quantitative estimate of drug-likeness (QED) is 0.458. The van der Waals surface area contributed by atoms with Crippen LogP contribution in [0.1, 0.15) is 15.9 Å². The standard InChI is InChI=1S/C21H15FO2/c22-18-11-9-17(10-12-18)21(23)15-8-16-6-13-20(14-7-16)24-19-4-2-1-3-5-19/h1-15H. The van der Waals surface area contributed by atoms with Gasteiger partial charge in [0.05, 0.1) is 0 Å². The summed E-state index contributed by atoms with van der Waals surface area (Å²) in [4.78, 5) is 12.0. The van der Waals surface area contributed by atoms with Crippen LogP contribution in [0.5, 0.6) is 11.5 Å². The first-order valence-electron chi connectivity index (χ1n) is 7.52. The van der Waals surface area contributed by atoms with Crippen molar-refractivity contribution in [3.63, 3.8) is 0 Å². The zero-order chi connectivity index (χ0) is 16.8. The molecule has 3 rings (SSSR count). The average Bonchev–Trinajstić information content (AvgIpc) is 2.62. The van der Waals surface area contributed by atoms with Gasteiger partial charge in [-0.25, -0.2) is 4.39 Å². The lowest BCUT2D eigenvalue weighted by Gasteiger charge is -2.05. The van der Waals surface area contributed by atoms with E-state index in [0.717, 1.165) is 17.1 Å². The largest absolute Gasteiger partial charge is 0.457 e. The Hall–Kier alpha value is -3.20. The highest BCUT2D eigenvalue weighted by Gasteiger charge is 2.02. The molecule has 0 spiro atoms. The molecule has 0 aliphatic carbocycles. The van der Waals surface area contributed by atoms with Crippen LogP contribution in [0.2, 0.25) is 0 Å². The number of allylic oxidation sites excluding steroid dienone is 1. The average molecular weight is 318 g/mol. The SMILES string of the molecule is O=C(C=Cc1ccc(Oc2ccccc2)cc1)c1ccc(F)cc1. The van der Waals surface area contributed by atoms with Crippen molar-refractivity contribution < 1.29 is 13.9 Å². The minimum absolute atomic E-state index is 0.167. The molecule has 0 heterocycles. The van der Waals surface area contributed by atoms with E-state index in [9.17, 15) is 9.18 Å². The first-order valence-corrected chi connectivity index (χ1v) is 7.52. The first kappa shape index (κ1) is 15.7. The fraction of sp³-hybridized carbons (Fsp3) is 0. The van der Waals surface area contributed by atoms with E-state index < -0.39 is 0 Å². The summed E-state index contributed by atoms with van der Waals surface area (Å²) in [6, 6.07) is 22.4. The lowest BCUT2D eigenvalue weighted by Crippen LogP contribution is -1.93. The van der Waals surface area contributed by atoms with Crippen molar-refractivity contribution in [3.8, 4) is 11.5 Å². The van der Waals surface area contributed by atoms with E-state index in [1.807, 2.05) is 54.6 Å². The Kier molecular flexibility index (Phi) is 4.82. The molecule has 3 heteroatoms. The molecule has 0 saturated carbocycles. The Bertz CT molecular complexity index is 835. The second kappa shape index (κ2) is 7.38. The molecular formula is C21H15FO2. The normalized spacial score (nSPS) is 10.7. The molecule has 24 heavy (non-hydrogen) atoms. The van der Waals surface area contributed by atoms with Gasteiger partial charge in [-0.3, -0.25) is 4.79 Å². The highest BCUT2D eigenvalue weighted by molar-refractivity contribution is 6.06. The van der Waals surface area contributed by atoms with Gasteiger partial charge in [0.2, 0.25) is 0 Å². The fourth-order valence-electron chi connectivity index (χ4n) is 2.15. The third-order valence-corrected chi connectivity index (χ3v) is 3.41. The zero-order valence-electron chi connectivity index (χ0n) is 12.9. The monoisotopic (exact) mass is 318 g/mol. The van der Waals surface area contributed by atoms with E-state index in [2.05, 4.69) is 0 Å². The number of carbonyl (C=O) groups is 1. The predicted molar refractivity (Wildman–Crippen MR) is 92.7 cm³/mol. The van der Waals surface area contributed by atoms with Gasteiger partial charge in [-0.05, 0) is 60.2 Å². The molecule has 0 aliphatic rings. The van der Waals surface area contributed by atoms with Crippen LogP contribution in [0.15, 0.2) is 84.9 Å². The Morgan fingerprint density at radius 2 is 1.42 bits per heavy atom. The molecule has 0 aromatic heterocycles. The van der Waals surface area contributed by atoms with Crippen LogP contribution in [-0.4, -0.2) is 5.78 Å². The van der Waals surface area contributed by atoms with Crippen LogP contribution in [0.25, 0.3) is 6.08 Å². The minimum atomic E-state index is -0.357. The molecule has 3 aromatic rings. The predicted octanol–water partition coefficient (Wildman–Crippen LogP) is 5.51. The van der Waals surface area contributed by atoms with Crippen molar-refractivity contribution in [2.45, 2.75) is 0 Å². The van der Waals surface area contributed by atoms with E-state index >= 15 is 0 Å². The van der Waals surface area contributed by atoms with Crippen molar-refractivity contribution in [3.05, 3.63) is 102 Å². The molecule has 3 aromatic carbocycles. The first-order chi connectivity index (χ1) is 11.7. The summed E-state index contributed by atoms with van der Waals surface area (Å²) in [5.41, 5.74) is 1.34. The Balaban J connectivity index is 1.65. The Labute approximate surface area is 139 Å².